The third kappa shape index (κ3) is 4.54. The molecule has 2 rings (SSSR count). The number of allylic oxidation sites excluding steroid dienone is 1. The van der Waals surface area contributed by atoms with Crippen molar-refractivity contribution in [2.75, 3.05) is 0 Å². The summed E-state index contributed by atoms with van der Waals surface area (Å²) in [5.41, 5.74) is 4.30. The zero-order valence-electron chi connectivity index (χ0n) is 15.0. The van der Waals surface area contributed by atoms with E-state index in [1.807, 2.05) is 26.0 Å². The largest absolute Gasteiger partial charge is 0.508 e. The molecular weight excluding hydrogens is 316 g/mol. The summed E-state index contributed by atoms with van der Waals surface area (Å²) in [6.45, 7) is 5.82. The number of phenols is 3. The molecule has 0 aliphatic carbocycles. The highest BCUT2D eigenvalue weighted by molar-refractivity contribution is 5.59. The minimum absolute atomic E-state index is 0.122. The van der Waals surface area contributed by atoms with Gasteiger partial charge in [-0.2, -0.15) is 0 Å². The van der Waals surface area contributed by atoms with E-state index in [4.69, 9.17) is 0 Å². The van der Waals surface area contributed by atoms with Crippen LogP contribution >= 0.6 is 0 Å². The number of aryl methyl sites for hydroxylation is 1. The van der Waals surface area contributed by atoms with Crippen molar-refractivity contribution in [3.63, 3.8) is 0 Å². The van der Waals surface area contributed by atoms with Crippen LogP contribution in [0.2, 0.25) is 0 Å². The van der Waals surface area contributed by atoms with Gasteiger partial charge in [0, 0.05) is 11.1 Å². The van der Waals surface area contributed by atoms with E-state index in [0.717, 1.165) is 29.5 Å². The van der Waals surface area contributed by atoms with Gasteiger partial charge in [0.25, 0.3) is 0 Å². The van der Waals surface area contributed by atoms with Crippen LogP contribution in [0.1, 0.15) is 41.2 Å². The first-order valence-electron chi connectivity index (χ1n) is 8.45. The zero-order valence-corrected chi connectivity index (χ0v) is 15.0. The number of rotatable bonds is 6. The Morgan fingerprint density at radius 1 is 1.00 bits per heavy atom. The maximum absolute atomic E-state index is 9.92. The van der Waals surface area contributed by atoms with Gasteiger partial charge >= 0.3 is 0 Å². The highest BCUT2D eigenvalue weighted by atomic mass is 16.3. The first-order valence-corrected chi connectivity index (χ1v) is 8.45. The molecule has 2 aromatic carbocycles. The molecule has 0 spiro atoms. The standard InChI is InChI=1S/C21H26O4/c1-13(4-6-16-11-17(23)7-9-20(16)24)5-8-18-14(2)10-21(25)19(12-22)15(18)3/h4,6-7,9-11,13,22-25H,5,8,12H2,1-3H3/b6-4-. The Morgan fingerprint density at radius 3 is 2.40 bits per heavy atom. The molecule has 0 aliphatic heterocycles. The third-order valence-electron chi connectivity index (χ3n) is 4.67. The number of hydrogen-bond donors (Lipinski definition) is 4. The van der Waals surface area contributed by atoms with E-state index in [1.165, 1.54) is 18.2 Å². The van der Waals surface area contributed by atoms with Crippen LogP contribution in [0.15, 0.2) is 30.3 Å². The average Bonchev–Trinajstić information content (AvgIpc) is 2.55. The van der Waals surface area contributed by atoms with Crippen LogP contribution in [0, 0.1) is 19.8 Å². The summed E-state index contributed by atoms with van der Waals surface area (Å²) in [6, 6.07) is 6.16. The molecule has 0 saturated heterocycles. The summed E-state index contributed by atoms with van der Waals surface area (Å²) in [5, 5.41) is 38.7. The van der Waals surface area contributed by atoms with Crippen molar-refractivity contribution >= 4 is 6.08 Å². The monoisotopic (exact) mass is 342 g/mol. The maximum atomic E-state index is 9.92. The van der Waals surface area contributed by atoms with Gasteiger partial charge in [-0.1, -0.05) is 19.1 Å². The van der Waals surface area contributed by atoms with Gasteiger partial charge in [-0.15, -0.1) is 0 Å². The van der Waals surface area contributed by atoms with Crippen LogP contribution in [-0.4, -0.2) is 20.4 Å². The lowest BCUT2D eigenvalue weighted by molar-refractivity contribution is 0.274. The maximum Gasteiger partial charge on any atom is 0.123 e. The minimum Gasteiger partial charge on any atom is -0.508 e. The molecule has 0 aliphatic rings. The molecular formula is C21H26O4. The van der Waals surface area contributed by atoms with E-state index in [2.05, 4.69) is 6.92 Å². The first kappa shape index (κ1) is 18.9. The number of aromatic hydroxyl groups is 3. The Bertz CT molecular complexity index is 778. The van der Waals surface area contributed by atoms with Gasteiger partial charge in [0.1, 0.15) is 17.2 Å². The average molecular weight is 342 g/mol. The van der Waals surface area contributed by atoms with Gasteiger partial charge in [-0.25, -0.2) is 0 Å². The van der Waals surface area contributed by atoms with Gasteiger partial charge in [-0.05, 0) is 73.6 Å². The van der Waals surface area contributed by atoms with E-state index < -0.39 is 0 Å². The molecule has 0 amide bonds. The van der Waals surface area contributed by atoms with Gasteiger partial charge in [0.05, 0.1) is 6.61 Å². The van der Waals surface area contributed by atoms with Gasteiger partial charge in [-0.3, -0.25) is 0 Å². The lowest BCUT2D eigenvalue weighted by Crippen LogP contribution is -2.02. The van der Waals surface area contributed by atoms with Crippen LogP contribution in [0.5, 0.6) is 17.2 Å². The molecule has 1 unspecified atom stereocenters. The van der Waals surface area contributed by atoms with Gasteiger partial charge in [0.15, 0.2) is 0 Å². The normalized spacial score (nSPS) is 12.6. The highest BCUT2D eigenvalue weighted by Crippen LogP contribution is 2.29. The summed E-state index contributed by atoms with van der Waals surface area (Å²) in [4.78, 5) is 0. The quantitative estimate of drug-likeness (QED) is 0.593. The number of aliphatic hydroxyl groups excluding tert-OH is 1. The highest BCUT2D eigenvalue weighted by Gasteiger charge is 2.12. The Kier molecular flexibility index (Phi) is 6.10. The molecule has 0 bridgehead atoms. The number of benzene rings is 2. The smallest absolute Gasteiger partial charge is 0.123 e. The summed E-state index contributed by atoms with van der Waals surface area (Å²) >= 11 is 0. The summed E-state index contributed by atoms with van der Waals surface area (Å²) in [6.07, 6.45) is 5.55. The Labute approximate surface area is 148 Å². The van der Waals surface area contributed by atoms with Crippen molar-refractivity contribution < 1.29 is 20.4 Å². The van der Waals surface area contributed by atoms with Gasteiger partial charge < -0.3 is 20.4 Å². The Balaban J connectivity index is 2.09. The van der Waals surface area contributed by atoms with Crippen molar-refractivity contribution in [3.05, 3.63) is 58.2 Å². The second-order valence-electron chi connectivity index (χ2n) is 6.57. The third-order valence-corrected chi connectivity index (χ3v) is 4.67. The predicted octanol–water partition coefficient (Wildman–Crippen LogP) is 4.19. The second kappa shape index (κ2) is 8.08. The lowest BCUT2D eigenvalue weighted by Gasteiger charge is -2.16. The molecule has 4 heteroatoms. The molecule has 0 aromatic heterocycles. The summed E-state index contributed by atoms with van der Waals surface area (Å²) in [5.74, 6) is 0.677. The molecule has 0 saturated carbocycles. The molecule has 2 aromatic rings. The molecule has 134 valence electrons. The van der Waals surface area contributed by atoms with E-state index in [1.54, 1.807) is 6.07 Å². The first-order chi connectivity index (χ1) is 11.8. The van der Waals surface area contributed by atoms with Crippen molar-refractivity contribution in [1.29, 1.82) is 0 Å². The van der Waals surface area contributed by atoms with E-state index in [-0.39, 0.29) is 29.8 Å². The van der Waals surface area contributed by atoms with Gasteiger partial charge in [0.2, 0.25) is 0 Å². The van der Waals surface area contributed by atoms with Crippen molar-refractivity contribution in [1.82, 2.24) is 0 Å². The number of phenolic OH excluding ortho intramolecular Hbond substituents is 2. The van der Waals surface area contributed by atoms with E-state index in [9.17, 15) is 20.4 Å². The Morgan fingerprint density at radius 2 is 1.72 bits per heavy atom. The number of aliphatic hydroxyl groups is 1. The van der Waals surface area contributed by atoms with Crippen molar-refractivity contribution in [3.8, 4) is 17.2 Å². The zero-order chi connectivity index (χ0) is 18.6. The van der Waals surface area contributed by atoms with Crippen LogP contribution < -0.4 is 0 Å². The molecule has 4 N–H and O–H groups in total. The van der Waals surface area contributed by atoms with E-state index >= 15 is 0 Å². The van der Waals surface area contributed by atoms with E-state index in [0.29, 0.717) is 11.1 Å². The summed E-state index contributed by atoms with van der Waals surface area (Å²) in [7, 11) is 0. The van der Waals surface area contributed by atoms with Crippen LogP contribution in [0.3, 0.4) is 0 Å². The number of hydrogen-bond acceptors (Lipinski definition) is 4. The molecule has 1 atom stereocenters. The predicted molar refractivity (Wildman–Crippen MR) is 99.8 cm³/mol. The fourth-order valence-corrected chi connectivity index (χ4v) is 3.05. The van der Waals surface area contributed by atoms with Crippen LogP contribution in [0.4, 0.5) is 0 Å². The fraction of sp³-hybridized carbons (Fsp3) is 0.333. The molecule has 0 radical (unpaired) electrons. The molecule has 4 nitrogen and oxygen atoms in total. The topological polar surface area (TPSA) is 80.9 Å². The lowest BCUT2D eigenvalue weighted by atomic mass is 9.91. The molecule has 25 heavy (non-hydrogen) atoms. The fourth-order valence-electron chi connectivity index (χ4n) is 3.05. The SMILES string of the molecule is Cc1cc(O)c(CO)c(C)c1CCC(C)/C=C\c1cc(O)ccc1O. The van der Waals surface area contributed by atoms with Crippen LogP contribution in [0.25, 0.3) is 6.08 Å². The van der Waals surface area contributed by atoms with Crippen LogP contribution in [-0.2, 0) is 13.0 Å². The minimum atomic E-state index is -0.169. The van der Waals surface area contributed by atoms with Crippen molar-refractivity contribution in [2.24, 2.45) is 5.92 Å². The second-order valence-corrected chi connectivity index (χ2v) is 6.57. The molecule has 0 heterocycles. The Hall–Kier alpha value is -2.46. The van der Waals surface area contributed by atoms with Crippen molar-refractivity contribution in [2.45, 2.75) is 40.2 Å². The summed E-state index contributed by atoms with van der Waals surface area (Å²) < 4.78 is 0. The molecule has 0 fully saturated rings.